The number of furan rings is 1. The van der Waals surface area contributed by atoms with Gasteiger partial charge in [0.15, 0.2) is 5.13 Å². The Kier molecular flexibility index (Phi) is 8.38. The molecule has 0 radical (unpaired) electrons. The number of nitrogens with zero attached hydrogens (tertiary/aromatic N) is 4. The van der Waals surface area contributed by atoms with Crippen molar-refractivity contribution in [3.8, 4) is 11.1 Å². The van der Waals surface area contributed by atoms with Crippen molar-refractivity contribution in [2.75, 3.05) is 36.1 Å². The summed E-state index contributed by atoms with van der Waals surface area (Å²) in [7, 11) is 0. The summed E-state index contributed by atoms with van der Waals surface area (Å²) in [5, 5.41) is 1.81. The summed E-state index contributed by atoms with van der Waals surface area (Å²) in [6.45, 7) is 12.8. The lowest BCUT2D eigenvalue weighted by Gasteiger charge is -2.35. The van der Waals surface area contributed by atoms with Crippen LogP contribution in [0.15, 0.2) is 53.5 Å². The van der Waals surface area contributed by atoms with Crippen LogP contribution in [-0.2, 0) is 9.47 Å². The molecule has 4 rings (SSSR count). The van der Waals surface area contributed by atoms with Gasteiger partial charge in [-0.15, -0.1) is 0 Å². The Balaban J connectivity index is 1.51. The van der Waals surface area contributed by atoms with Gasteiger partial charge in [0.25, 0.3) is 5.91 Å². The predicted molar refractivity (Wildman–Crippen MR) is 152 cm³/mol. The van der Waals surface area contributed by atoms with E-state index in [0.29, 0.717) is 41.9 Å². The number of nitrogens with one attached hydrogen (secondary N) is 1. The fraction of sp³-hybridized carbons (Fsp3) is 0.429. The maximum atomic E-state index is 13.7. The molecule has 12 heteroatoms. The molecule has 3 heterocycles. The number of carbonyl (C=O) groups is 3. The summed E-state index contributed by atoms with van der Waals surface area (Å²) in [4.78, 5) is 47.3. The summed E-state index contributed by atoms with van der Waals surface area (Å²) >= 11 is 1.21. The Morgan fingerprint density at radius 2 is 1.68 bits per heavy atom. The van der Waals surface area contributed by atoms with Gasteiger partial charge < -0.3 is 23.7 Å². The van der Waals surface area contributed by atoms with Crippen LogP contribution < -0.4 is 15.3 Å². The topological polar surface area (TPSA) is 117 Å². The first-order chi connectivity index (χ1) is 18.8. The number of piperazine rings is 1. The maximum absolute atomic E-state index is 13.7. The Hall–Kier alpha value is -4.06. The molecule has 1 aromatic carbocycles. The third kappa shape index (κ3) is 7.53. The highest BCUT2D eigenvalue weighted by molar-refractivity contribution is 7.17. The number of carbonyl (C=O) groups excluding carboxylic acids is 3. The molecule has 0 spiro atoms. The van der Waals surface area contributed by atoms with Crippen molar-refractivity contribution in [3.63, 3.8) is 0 Å². The number of thiazole rings is 1. The fourth-order valence-electron chi connectivity index (χ4n) is 3.91. The molecule has 1 aliphatic heterocycles. The second kappa shape index (κ2) is 11.6. The van der Waals surface area contributed by atoms with Crippen LogP contribution in [0.5, 0.6) is 0 Å². The normalized spacial score (nSPS) is 14.1. The monoisotopic (exact) mass is 569 g/mol. The van der Waals surface area contributed by atoms with Crippen LogP contribution in [0.3, 0.4) is 0 Å². The first kappa shape index (κ1) is 28.9. The fourth-order valence-corrected chi connectivity index (χ4v) is 4.80. The Morgan fingerprint density at radius 1 is 0.975 bits per heavy atom. The summed E-state index contributed by atoms with van der Waals surface area (Å²) in [6, 6.07) is 8.97. The van der Waals surface area contributed by atoms with E-state index in [9.17, 15) is 14.4 Å². The van der Waals surface area contributed by atoms with Gasteiger partial charge in [-0.25, -0.2) is 25.0 Å². The minimum atomic E-state index is -0.766. The number of aromatic nitrogens is 1. The van der Waals surface area contributed by atoms with Gasteiger partial charge in [-0.2, -0.15) is 0 Å². The quantitative estimate of drug-likeness (QED) is 0.407. The molecule has 1 aliphatic rings. The summed E-state index contributed by atoms with van der Waals surface area (Å²) in [5.74, 6) is -0.466. The lowest BCUT2D eigenvalue weighted by molar-refractivity contribution is 0.0240. The highest BCUT2D eigenvalue weighted by Gasteiger charge is 2.29. The number of ether oxygens (including phenoxy) is 2. The second-order valence-electron chi connectivity index (χ2n) is 11.3. The SMILES string of the molecule is CC(C)(C)OC(=O)NN(C(=O)c1cnc(N2CCN(C(=O)OC(C)(C)C)CC2)s1)c1cccc(-c2ccoc2)c1. The van der Waals surface area contributed by atoms with Crippen LogP contribution in [0.2, 0.25) is 0 Å². The first-order valence-electron chi connectivity index (χ1n) is 12.9. The smallest absolute Gasteiger partial charge is 0.427 e. The van der Waals surface area contributed by atoms with Crippen LogP contribution in [-0.4, -0.2) is 65.4 Å². The highest BCUT2D eigenvalue weighted by atomic mass is 32.1. The average Bonchev–Trinajstić information content (AvgIpc) is 3.58. The van der Waals surface area contributed by atoms with Crippen molar-refractivity contribution >= 4 is 40.2 Å². The second-order valence-corrected chi connectivity index (χ2v) is 12.3. The molecule has 3 amide bonds. The molecule has 0 aliphatic carbocycles. The van der Waals surface area contributed by atoms with Gasteiger partial charge in [0.05, 0.1) is 24.4 Å². The summed E-state index contributed by atoms with van der Waals surface area (Å²) in [6.07, 6.45) is 3.55. The van der Waals surface area contributed by atoms with E-state index in [1.165, 1.54) is 17.5 Å². The van der Waals surface area contributed by atoms with Crippen molar-refractivity contribution in [2.24, 2.45) is 0 Å². The Morgan fingerprint density at radius 3 is 2.30 bits per heavy atom. The standard InChI is InChI=1S/C28H35N5O6S/c1-27(2,3)38-25(35)30-33(21-9-7-8-19(16-21)20-10-15-37-18-20)23(34)22-17-29-24(40-22)31-11-13-32(14-12-31)26(36)39-28(4,5)6/h7-10,15-18H,11-14H2,1-6H3,(H,30,35). The van der Waals surface area contributed by atoms with Crippen LogP contribution in [0.1, 0.15) is 51.2 Å². The molecule has 2 aromatic heterocycles. The van der Waals surface area contributed by atoms with Crippen LogP contribution in [0.4, 0.5) is 20.4 Å². The van der Waals surface area contributed by atoms with Crippen molar-refractivity contribution in [2.45, 2.75) is 52.7 Å². The van der Waals surface area contributed by atoms with Crippen molar-refractivity contribution in [1.29, 1.82) is 0 Å². The molecule has 214 valence electrons. The third-order valence-corrected chi connectivity index (χ3v) is 6.72. The Bertz CT molecular complexity index is 1330. The molecule has 0 saturated carbocycles. The molecular weight excluding hydrogens is 534 g/mol. The summed E-state index contributed by atoms with van der Waals surface area (Å²) < 4.78 is 16.1. The van der Waals surface area contributed by atoms with Gasteiger partial charge in [0.2, 0.25) is 0 Å². The molecule has 1 N–H and O–H groups in total. The summed E-state index contributed by atoms with van der Waals surface area (Å²) in [5.41, 5.74) is 3.36. The van der Waals surface area contributed by atoms with E-state index in [2.05, 4.69) is 10.4 Å². The van der Waals surface area contributed by atoms with Gasteiger partial charge in [-0.3, -0.25) is 4.79 Å². The number of benzene rings is 1. The molecular formula is C28H35N5O6S. The largest absolute Gasteiger partial charge is 0.472 e. The van der Waals surface area contributed by atoms with Gasteiger partial charge in [-0.1, -0.05) is 23.5 Å². The minimum Gasteiger partial charge on any atom is -0.472 e. The zero-order chi connectivity index (χ0) is 29.1. The number of hydrazine groups is 1. The van der Waals surface area contributed by atoms with E-state index in [0.717, 1.165) is 16.1 Å². The molecule has 1 fully saturated rings. The maximum Gasteiger partial charge on any atom is 0.427 e. The van der Waals surface area contributed by atoms with Crippen molar-refractivity contribution < 1.29 is 28.3 Å². The molecule has 40 heavy (non-hydrogen) atoms. The van der Waals surface area contributed by atoms with Gasteiger partial charge in [0, 0.05) is 31.7 Å². The van der Waals surface area contributed by atoms with Crippen molar-refractivity contribution in [1.82, 2.24) is 15.3 Å². The van der Waals surface area contributed by atoms with E-state index in [1.807, 2.05) is 37.8 Å². The molecule has 1 saturated heterocycles. The van der Waals surface area contributed by atoms with Gasteiger partial charge in [0.1, 0.15) is 16.1 Å². The number of anilines is 2. The van der Waals surface area contributed by atoms with E-state index >= 15 is 0 Å². The lowest BCUT2D eigenvalue weighted by Crippen LogP contribution is -2.50. The Labute approximate surface area is 237 Å². The van der Waals surface area contributed by atoms with Gasteiger partial charge in [-0.05, 0) is 65.3 Å². The number of hydrogen-bond donors (Lipinski definition) is 1. The van der Waals surface area contributed by atoms with Gasteiger partial charge >= 0.3 is 12.2 Å². The molecule has 0 bridgehead atoms. The number of rotatable bonds is 4. The van der Waals surface area contributed by atoms with E-state index in [-0.39, 0.29) is 6.09 Å². The van der Waals surface area contributed by atoms with Crippen molar-refractivity contribution in [3.05, 3.63) is 53.9 Å². The van der Waals surface area contributed by atoms with Crippen LogP contribution >= 0.6 is 11.3 Å². The third-order valence-electron chi connectivity index (χ3n) is 5.67. The van der Waals surface area contributed by atoms with Crippen LogP contribution in [0, 0.1) is 0 Å². The first-order valence-corrected chi connectivity index (χ1v) is 13.8. The van der Waals surface area contributed by atoms with E-state index in [4.69, 9.17) is 13.9 Å². The van der Waals surface area contributed by atoms with E-state index in [1.54, 1.807) is 56.4 Å². The zero-order valence-electron chi connectivity index (χ0n) is 23.6. The number of hydrogen-bond acceptors (Lipinski definition) is 9. The minimum absolute atomic E-state index is 0.328. The molecule has 0 atom stereocenters. The van der Waals surface area contributed by atoms with E-state index < -0.39 is 23.2 Å². The zero-order valence-corrected chi connectivity index (χ0v) is 24.4. The molecule has 0 unspecified atom stereocenters. The molecule has 11 nitrogen and oxygen atoms in total. The highest BCUT2D eigenvalue weighted by Crippen LogP contribution is 2.29. The average molecular weight is 570 g/mol. The number of amides is 3. The lowest BCUT2D eigenvalue weighted by atomic mass is 10.1. The predicted octanol–water partition coefficient (Wildman–Crippen LogP) is 5.55. The van der Waals surface area contributed by atoms with Crippen LogP contribution in [0.25, 0.3) is 11.1 Å². The molecule has 3 aromatic rings.